The maximum absolute atomic E-state index is 5.65. The van der Waals surface area contributed by atoms with E-state index in [4.69, 9.17) is 5.73 Å². The summed E-state index contributed by atoms with van der Waals surface area (Å²) in [7, 11) is 0. The zero-order valence-corrected chi connectivity index (χ0v) is 11.4. The number of likely N-dealkylation sites (tertiary alicyclic amines) is 1. The largest absolute Gasteiger partial charge is 0.384 e. The Labute approximate surface area is 118 Å². The molecule has 3 rings (SSSR count). The van der Waals surface area contributed by atoms with Crippen LogP contribution in [0.2, 0.25) is 0 Å². The van der Waals surface area contributed by atoms with Crippen molar-refractivity contribution in [2.45, 2.75) is 19.4 Å². The second-order valence-corrected chi connectivity index (χ2v) is 5.14. The maximum atomic E-state index is 5.65. The van der Waals surface area contributed by atoms with Crippen molar-refractivity contribution in [2.24, 2.45) is 0 Å². The molecular formula is C15H19N5. The molecule has 1 aliphatic rings. The summed E-state index contributed by atoms with van der Waals surface area (Å²) in [6.45, 7) is 3.43. The molecule has 0 saturated carbocycles. The van der Waals surface area contributed by atoms with Crippen molar-refractivity contribution in [2.75, 3.05) is 24.1 Å². The minimum Gasteiger partial charge on any atom is -0.384 e. The second kappa shape index (κ2) is 5.88. The zero-order valence-electron chi connectivity index (χ0n) is 11.4. The zero-order chi connectivity index (χ0) is 13.8. The van der Waals surface area contributed by atoms with Crippen LogP contribution >= 0.6 is 0 Å². The van der Waals surface area contributed by atoms with E-state index in [0.29, 0.717) is 5.82 Å². The minimum atomic E-state index is 0.468. The highest BCUT2D eigenvalue weighted by atomic mass is 15.1. The lowest BCUT2D eigenvalue weighted by molar-refractivity contribution is 0.331. The van der Waals surface area contributed by atoms with Gasteiger partial charge in [0.15, 0.2) is 0 Å². The summed E-state index contributed by atoms with van der Waals surface area (Å²) in [5.41, 5.74) is 8.00. The van der Waals surface area contributed by atoms with Crippen LogP contribution in [0.25, 0.3) is 0 Å². The van der Waals surface area contributed by atoms with Gasteiger partial charge in [0.25, 0.3) is 0 Å². The van der Waals surface area contributed by atoms with E-state index >= 15 is 0 Å². The van der Waals surface area contributed by atoms with Crippen molar-refractivity contribution >= 4 is 17.3 Å². The van der Waals surface area contributed by atoms with Crippen LogP contribution < -0.4 is 11.1 Å². The molecule has 0 unspecified atom stereocenters. The van der Waals surface area contributed by atoms with E-state index in [-0.39, 0.29) is 0 Å². The molecular weight excluding hydrogens is 250 g/mol. The van der Waals surface area contributed by atoms with Gasteiger partial charge in [-0.05, 0) is 43.6 Å². The molecule has 1 fully saturated rings. The molecule has 2 heterocycles. The Hall–Kier alpha value is -2.14. The quantitative estimate of drug-likeness (QED) is 0.892. The molecule has 1 aromatic carbocycles. The number of hydrogen-bond donors (Lipinski definition) is 2. The Kier molecular flexibility index (Phi) is 3.78. The number of nitrogens with one attached hydrogen (secondary N) is 1. The van der Waals surface area contributed by atoms with Gasteiger partial charge >= 0.3 is 0 Å². The first kappa shape index (κ1) is 12.9. The summed E-state index contributed by atoms with van der Waals surface area (Å²) in [4.78, 5) is 10.5. The Balaban J connectivity index is 1.70. The summed E-state index contributed by atoms with van der Waals surface area (Å²) in [6.07, 6.45) is 4.10. The Bertz CT molecular complexity index is 578. The fourth-order valence-corrected chi connectivity index (χ4v) is 2.53. The molecule has 0 radical (unpaired) electrons. The Morgan fingerprint density at radius 3 is 2.80 bits per heavy atom. The smallest absolute Gasteiger partial charge is 0.135 e. The number of aromatic nitrogens is 2. The van der Waals surface area contributed by atoms with Crippen LogP contribution in [0, 0.1) is 0 Å². The van der Waals surface area contributed by atoms with Crippen molar-refractivity contribution in [3.05, 3.63) is 42.2 Å². The van der Waals surface area contributed by atoms with Crippen molar-refractivity contribution in [3.63, 3.8) is 0 Å². The van der Waals surface area contributed by atoms with Crippen molar-refractivity contribution in [3.8, 4) is 0 Å². The standard InChI is InChI=1S/C15H19N5/c16-14-9-15(18-11-17-14)19-13-5-3-4-12(8-13)10-20-6-1-2-7-20/h3-5,8-9,11H,1-2,6-7,10H2,(H3,16,17,18,19). The predicted octanol–water partition coefficient (Wildman–Crippen LogP) is 2.40. The summed E-state index contributed by atoms with van der Waals surface area (Å²) in [5, 5.41) is 3.26. The highest BCUT2D eigenvalue weighted by Gasteiger charge is 2.11. The molecule has 0 amide bonds. The maximum Gasteiger partial charge on any atom is 0.135 e. The first-order valence-corrected chi connectivity index (χ1v) is 6.95. The highest BCUT2D eigenvalue weighted by molar-refractivity contribution is 5.58. The Morgan fingerprint density at radius 2 is 2.00 bits per heavy atom. The van der Waals surface area contributed by atoms with Crippen LogP contribution in [0.15, 0.2) is 36.7 Å². The van der Waals surface area contributed by atoms with Crippen LogP contribution in [-0.2, 0) is 6.54 Å². The third-order valence-electron chi connectivity index (χ3n) is 3.49. The van der Waals surface area contributed by atoms with E-state index < -0.39 is 0 Å². The molecule has 0 aliphatic carbocycles. The van der Waals surface area contributed by atoms with Crippen LogP contribution in [0.4, 0.5) is 17.3 Å². The number of anilines is 3. The van der Waals surface area contributed by atoms with Crippen LogP contribution in [0.3, 0.4) is 0 Å². The number of hydrogen-bond acceptors (Lipinski definition) is 5. The van der Waals surface area contributed by atoms with Gasteiger partial charge < -0.3 is 11.1 Å². The molecule has 1 aromatic heterocycles. The van der Waals surface area contributed by atoms with Gasteiger partial charge in [-0.25, -0.2) is 9.97 Å². The van der Waals surface area contributed by atoms with Crippen LogP contribution in [0.1, 0.15) is 18.4 Å². The SMILES string of the molecule is Nc1cc(Nc2cccc(CN3CCCC3)c2)ncn1. The first-order valence-electron chi connectivity index (χ1n) is 6.95. The van der Waals surface area contributed by atoms with Crippen LogP contribution in [0.5, 0.6) is 0 Å². The third-order valence-corrected chi connectivity index (χ3v) is 3.49. The number of nitrogen functional groups attached to an aromatic ring is 1. The van der Waals surface area contributed by atoms with Crippen molar-refractivity contribution < 1.29 is 0 Å². The highest BCUT2D eigenvalue weighted by Crippen LogP contribution is 2.19. The van der Waals surface area contributed by atoms with Gasteiger partial charge in [-0.1, -0.05) is 12.1 Å². The van der Waals surface area contributed by atoms with E-state index in [1.807, 2.05) is 6.07 Å². The number of benzene rings is 1. The number of nitrogens with two attached hydrogens (primary N) is 1. The van der Waals surface area contributed by atoms with E-state index in [9.17, 15) is 0 Å². The topological polar surface area (TPSA) is 67.1 Å². The molecule has 20 heavy (non-hydrogen) atoms. The van der Waals surface area contributed by atoms with Gasteiger partial charge in [-0.15, -0.1) is 0 Å². The van der Waals surface area contributed by atoms with E-state index in [1.165, 1.54) is 37.8 Å². The monoisotopic (exact) mass is 269 g/mol. The molecule has 1 saturated heterocycles. The summed E-state index contributed by atoms with van der Waals surface area (Å²) in [6, 6.07) is 10.2. The average Bonchev–Trinajstić information content (AvgIpc) is 2.92. The van der Waals surface area contributed by atoms with Gasteiger partial charge in [-0.3, -0.25) is 4.90 Å². The molecule has 1 aliphatic heterocycles. The summed E-state index contributed by atoms with van der Waals surface area (Å²) in [5.74, 6) is 1.19. The summed E-state index contributed by atoms with van der Waals surface area (Å²) >= 11 is 0. The lowest BCUT2D eigenvalue weighted by Gasteiger charge is -2.15. The normalized spacial score (nSPS) is 15.4. The second-order valence-electron chi connectivity index (χ2n) is 5.14. The molecule has 2 aromatic rings. The van der Waals surface area contributed by atoms with E-state index in [0.717, 1.165) is 18.1 Å². The Morgan fingerprint density at radius 1 is 1.15 bits per heavy atom. The summed E-state index contributed by atoms with van der Waals surface area (Å²) < 4.78 is 0. The van der Waals surface area contributed by atoms with Gasteiger partial charge in [-0.2, -0.15) is 0 Å². The van der Waals surface area contributed by atoms with E-state index in [1.54, 1.807) is 6.07 Å². The first-order chi connectivity index (χ1) is 9.79. The van der Waals surface area contributed by atoms with Gasteiger partial charge in [0, 0.05) is 18.3 Å². The molecule has 0 atom stereocenters. The fourth-order valence-electron chi connectivity index (χ4n) is 2.53. The molecule has 0 bridgehead atoms. The fraction of sp³-hybridized carbons (Fsp3) is 0.333. The van der Waals surface area contributed by atoms with Gasteiger partial charge in [0.2, 0.25) is 0 Å². The predicted molar refractivity (Wildman–Crippen MR) is 80.7 cm³/mol. The van der Waals surface area contributed by atoms with Crippen molar-refractivity contribution in [1.82, 2.24) is 14.9 Å². The molecule has 0 spiro atoms. The van der Waals surface area contributed by atoms with Gasteiger partial charge in [0.1, 0.15) is 18.0 Å². The number of nitrogens with zero attached hydrogens (tertiary/aromatic N) is 3. The number of rotatable bonds is 4. The van der Waals surface area contributed by atoms with Crippen LogP contribution in [-0.4, -0.2) is 28.0 Å². The van der Waals surface area contributed by atoms with E-state index in [2.05, 4.69) is 38.4 Å². The van der Waals surface area contributed by atoms with Crippen molar-refractivity contribution in [1.29, 1.82) is 0 Å². The molecule has 5 nitrogen and oxygen atoms in total. The minimum absolute atomic E-state index is 0.468. The lowest BCUT2D eigenvalue weighted by Crippen LogP contribution is -2.18. The molecule has 3 N–H and O–H groups in total. The average molecular weight is 269 g/mol. The third kappa shape index (κ3) is 3.24. The molecule has 5 heteroatoms. The van der Waals surface area contributed by atoms with Gasteiger partial charge in [0.05, 0.1) is 0 Å². The molecule has 104 valence electrons. The lowest BCUT2D eigenvalue weighted by atomic mass is 10.2.